The van der Waals surface area contributed by atoms with Gasteiger partial charge in [0.1, 0.15) is 5.82 Å². The lowest BCUT2D eigenvalue weighted by Crippen LogP contribution is -2.36. The van der Waals surface area contributed by atoms with Crippen molar-refractivity contribution in [1.82, 2.24) is 25.1 Å². The van der Waals surface area contributed by atoms with Gasteiger partial charge < -0.3 is 20.2 Å². The maximum atomic E-state index is 14.1. The first kappa shape index (κ1) is 22.7. The van der Waals surface area contributed by atoms with Gasteiger partial charge in [0.25, 0.3) is 0 Å². The molecule has 2 aromatic carbocycles. The summed E-state index contributed by atoms with van der Waals surface area (Å²) in [5, 5.41) is 20.2. The zero-order valence-electron chi connectivity index (χ0n) is 19.6. The Kier molecular flexibility index (Phi) is 6.28. The summed E-state index contributed by atoms with van der Waals surface area (Å²) in [5.74, 6) is 1.43. The topological polar surface area (TPSA) is 106 Å². The number of piperidine rings is 1. The first-order chi connectivity index (χ1) is 16.9. The van der Waals surface area contributed by atoms with Gasteiger partial charge in [-0.1, -0.05) is 0 Å². The maximum absolute atomic E-state index is 14.1. The van der Waals surface area contributed by atoms with E-state index >= 15 is 0 Å². The number of anilines is 4. The van der Waals surface area contributed by atoms with E-state index in [0.29, 0.717) is 29.0 Å². The van der Waals surface area contributed by atoms with Crippen molar-refractivity contribution in [2.24, 2.45) is 0 Å². The second-order valence-corrected chi connectivity index (χ2v) is 8.76. The fourth-order valence-corrected chi connectivity index (χ4v) is 3.99. The highest BCUT2D eigenvalue weighted by Gasteiger charge is 2.20. The Bertz CT molecular complexity index is 1300. The van der Waals surface area contributed by atoms with Crippen LogP contribution in [0.5, 0.6) is 0 Å². The van der Waals surface area contributed by atoms with Crippen molar-refractivity contribution in [2.75, 3.05) is 42.3 Å². The first-order valence-corrected chi connectivity index (χ1v) is 11.5. The summed E-state index contributed by atoms with van der Waals surface area (Å²) in [6.45, 7) is 1.49. The lowest BCUT2D eigenvalue weighted by molar-refractivity contribution is 0.145. The molecule has 1 saturated heterocycles. The molecular formula is C25H27FN8O. The Labute approximate surface area is 202 Å². The summed E-state index contributed by atoms with van der Waals surface area (Å²) in [5.41, 5.74) is 3.78. The highest BCUT2D eigenvalue weighted by atomic mass is 19.1. The average Bonchev–Trinajstić information content (AvgIpc) is 3.35. The van der Waals surface area contributed by atoms with Crippen molar-refractivity contribution in [3.05, 3.63) is 60.5 Å². The van der Waals surface area contributed by atoms with Gasteiger partial charge in [0.2, 0.25) is 11.9 Å². The fraction of sp³-hybridized carbons (Fsp3) is 0.280. The van der Waals surface area contributed by atoms with Gasteiger partial charge >= 0.3 is 0 Å². The third-order valence-electron chi connectivity index (χ3n) is 5.99. The van der Waals surface area contributed by atoms with Gasteiger partial charge in [-0.05, 0) is 61.4 Å². The number of rotatable bonds is 6. The zero-order valence-corrected chi connectivity index (χ0v) is 19.6. The third-order valence-corrected chi connectivity index (χ3v) is 5.99. The Balaban J connectivity index is 1.29. The standard InChI is InChI=1S/C25H27FN8O/c1-33(2)20-14-17(13-18(26)15-20)22-7-10-27-24(29-22)28-19-5-3-16(4-6-19)23-30-25(32-31-23)34-11-8-21(35)9-12-34/h3-7,10,13-15,21,35H,8-9,11-12H2,1-2H3,(H,27,28,29)(H,30,31,32). The molecular weight excluding hydrogens is 447 g/mol. The average molecular weight is 475 g/mol. The molecule has 0 saturated carbocycles. The van der Waals surface area contributed by atoms with Gasteiger partial charge in [-0.25, -0.2) is 14.4 Å². The van der Waals surface area contributed by atoms with Crippen LogP contribution >= 0.6 is 0 Å². The number of aromatic amines is 1. The summed E-state index contributed by atoms with van der Waals surface area (Å²) in [7, 11) is 3.74. The SMILES string of the molecule is CN(C)c1cc(F)cc(-c2ccnc(Nc3ccc(-c4nc(N5CCC(O)CC5)n[nH]4)cc3)n2)c1. The van der Waals surface area contributed by atoms with E-state index in [4.69, 9.17) is 0 Å². The number of halogens is 1. The van der Waals surface area contributed by atoms with Crippen LogP contribution in [0.4, 0.5) is 27.7 Å². The van der Waals surface area contributed by atoms with Gasteiger partial charge in [-0.3, -0.25) is 5.10 Å². The van der Waals surface area contributed by atoms with E-state index in [-0.39, 0.29) is 11.9 Å². The Morgan fingerprint density at radius 1 is 1.03 bits per heavy atom. The second-order valence-electron chi connectivity index (χ2n) is 8.76. The molecule has 4 aromatic rings. The van der Waals surface area contributed by atoms with E-state index in [2.05, 4.69) is 35.4 Å². The van der Waals surface area contributed by atoms with Crippen LogP contribution in [0.25, 0.3) is 22.6 Å². The second kappa shape index (κ2) is 9.67. The summed E-state index contributed by atoms with van der Waals surface area (Å²) < 4.78 is 14.1. The van der Waals surface area contributed by atoms with Gasteiger partial charge in [0.15, 0.2) is 5.82 Å². The van der Waals surface area contributed by atoms with E-state index in [0.717, 1.165) is 42.9 Å². The van der Waals surface area contributed by atoms with E-state index < -0.39 is 0 Å². The molecule has 0 spiro atoms. The van der Waals surface area contributed by atoms with Crippen LogP contribution in [0.3, 0.4) is 0 Å². The molecule has 180 valence electrons. The molecule has 35 heavy (non-hydrogen) atoms. The van der Waals surface area contributed by atoms with Crippen LogP contribution < -0.4 is 15.1 Å². The highest BCUT2D eigenvalue weighted by Crippen LogP contribution is 2.26. The Morgan fingerprint density at radius 2 is 1.80 bits per heavy atom. The number of nitrogens with one attached hydrogen (secondary N) is 2. The number of aliphatic hydroxyl groups is 1. The molecule has 9 nitrogen and oxygen atoms in total. The Hall–Kier alpha value is -4.05. The molecule has 1 aliphatic rings. The number of hydrogen-bond donors (Lipinski definition) is 3. The monoisotopic (exact) mass is 474 g/mol. The largest absolute Gasteiger partial charge is 0.393 e. The van der Waals surface area contributed by atoms with Crippen molar-refractivity contribution in [1.29, 1.82) is 0 Å². The highest BCUT2D eigenvalue weighted by molar-refractivity contribution is 5.68. The summed E-state index contributed by atoms with van der Waals surface area (Å²) in [6.07, 6.45) is 2.86. The lowest BCUT2D eigenvalue weighted by atomic mass is 10.1. The molecule has 0 aliphatic carbocycles. The molecule has 1 fully saturated rings. The van der Waals surface area contributed by atoms with Crippen LogP contribution in [-0.4, -0.2) is 63.5 Å². The molecule has 2 aromatic heterocycles. The molecule has 3 N–H and O–H groups in total. The summed E-state index contributed by atoms with van der Waals surface area (Å²) >= 11 is 0. The van der Waals surface area contributed by atoms with Gasteiger partial charge in [-0.2, -0.15) is 4.98 Å². The fourth-order valence-electron chi connectivity index (χ4n) is 3.99. The van der Waals surface area contributed by atoms with E-state index in [1.54, 1.807) is 12.3 Å². The predicted octanol–water partition coefficient (Wildman–Crippen LogP) is 3.84. The van der Waals surface area contributed by atoms with Gasteiger partial charge in [-0.15, -0.1) is 5.10 Å². The van der Waals surface area contributed by atoms with Crippen molar-refractivity contribution < 1.29 is 9.50 Å². The van der Waals surface area contributed by atoms with E-state index in [1.165, 1.54) is 12.1 Å². The first-order valence-electron chi connectivity index (χ1n) is 11.5. The number of nitrogens with zero attached hydrogens (tertiary/aromatic N) is 6. The van der Waals surface area contributed by atoms with E-state index in [9.17, 15) is 9.50 Å². The van der Waals surface area contributed by atoms with Crippen molar-refractivity contribution >= 4 is 23.3 Å². The van der Waals surface area contributed by atoms with Crippen LogP contribution in [-0.2, 0) is 0 Å². The smallest absolute Gasteiger partial charge is 0.245 e. The minimum atomic E-state index is -0.316. The zero-order chi connectivity index (χ0) is 24.4. The predicted molar refractivity (Wildman–Crippen MR) is 134 cm³/mol. The molecule has 0 amide bonds. The number of benzene rings is 2. The number of hydrogen-bond acceptors (Lipinski definition) is 8. The third kappa shape index (κ3) is 5.22. The van der Waals surface area contributed by atoms with Crippen LogP contribution in [0.2, 0.25) is 0 Å². The molecule has 0 radical (unpaired) electrons. The van der Waals surface area contributed by atoms with Crippen molar-refractivity contribution in [2.45, 2.75) is 18.9 Å². The normalized spacial score (nSPS) is 14.2. The molecule has 0 atom stereocenters. The molecule has 10 heteroatoms. The lowest BCUT2D eigenvalue weighted by Gasteiger charge is -2.28. The van der Waals surface area contributed by atoms with Crippen LogP contribution in [0.1, 0.15) is 12.8 Å². The number of H-pyrrole nitrogens is 1. The molecule has 5 rings (SSSR count). The molecule has 1 aliphatic heterocycles. The van der Waals surface area contributed by atoms with Crippen LogP contribution in [0.15, 0.2) is 54.7 Å². The summed E-state index contributed by atoms with van der Waals surface area (Å²) in [6, 6.07) is 14.3. The van der Waals surface area contributed by atoms with Crippen molar-refractivity contribution in [3.8, 4) is 22.6 Å². The number of aliphatic hydroxyl groups excluding tert-OH is 1. The molecule has 3 heterocycles. The van der Waals surface area contributed by atoms with E-state index in [1.807, 2.05) is 49.3 Å². The quantitative estimate of drug-likeness (QED) is 0.387. The maximum Gasteiger partial charge on any atom is 0.245 e. The van der Waals surface area contributed by atoms with Gasteiger partial charge in [0.05, 0.1) is 11.8 Å². The minimum Gasteiger partial charge on any atom is -0.393 e. The van der Waals surface area contributed by atoms with Crippen molar-refractivity contribution in [3.63, 3.8) is 0 Å². The molecule has 0 bridgehead atoms. The summed E-state index contributed by atoms with van der Waals surface area (Å²) in [4.78, 5) is 17.4. The van der Waals surface area contributed by atoms with Crippen LogP contribution in [0, 0.1) is 5.82 Å². The minimum absolute atomic E-state index is 0.237. The van der Waals surface area contributed by atoms with Gasteiger partial charge in [0, 0.05) is 55.9 Å². The number of aromatic nitrogens is 5. The Morgan fingerprint density at radius 3 is 2.54 bits per heavy atom. The molecule has 0 unspecified atom stereocenters.